The van der Waals surface area contributed by atoms with Crippen LogP contribution in [0.3, 0.4) is 0 Å². The second kappa shape index (κ2) is 11.7. The number of ether oxygens (including phenoxy) is 1. The van der Waals surface area contributed by atoms with Crippen LogP contribution >= 0.6 is 12.0 Å². The zero-order valence-corrected chi connectivity index (χ0v) is 21.7. The Morgan fingerprint density at radius 1 is 0.927 bits per heavy atom. The van der Waals surface area contributed by atoms with Gasteiger partial charge in [0.1, 0.15) is 6.61 Å². The zero-order chi connectivity index (χ0) is 29.1. The van der Waals surface area contributed by atoms with Crippen molar-refractivity contribution in [3.8, 4) is 22.9 Å². The summed E-state index contributed by atoms with van der Waals surface area (Å²) in [5.41, 5.74) is 3.48. The molecule has 1 atom stereocenters. The first kappa shape index (κ1) is 27.7. The fourth-order valence-electron chi connectivity index (χ4n) is 4.54. The Kier molecular flexibility index (Phi) is 7.93. The number of anilines is 1. The molecule has 3 amide bonds. The van der Waals surface area contributed by atoms with Gasteiger partial charge < -0.3 is 20.3 Å². The highest BCUT2D eigenvalue weighted by atomic mass is 32.2. The van der Waals surface area contributed by atoms with Crippen LogP contribution in [0, 0.1) is 0 Å². The van der Waals surface area contributed by atoms with Crippen LogP contribution in [0.2, 0.25) is 0 Å². The van der Waals surface area contributed by atoms with Crippen LogP contribution in [0.15, 0.2) is 65.6 Å². The molecule has 212 valence electrons. The first-order chi connectivity index (χ1) is 19.7. The molecule has 0 fully saturated rings. The lowest BCUT2D eigenvalue weighted by Crippen LogP contribution is -2.33. The first-order valence-electron chi connectivity index (χ1n) is 12.0. The third-order valence-corrected chi connectivity index (χ3v) is 6.93. The van der Waals surface area contributed by atoms with Crippen molar-refractivity contribution >= 4 is 41.6 Å². The fraction of sp³-hybridized carbons (Fsp3) is 0.154. The molecule has 2 aromatic carbocycles. The van der Waals surface area contributed by atoms with E-state index in [4.69, 9.17) is 14.8 Å². The summed E-state index contributed by atoms with van der Waals surface area (Å²) in [5, 5.41) is 34.3. The summed E-state index contributed by atoms with van der Waals surface area (Å²) in [6, 6.07) is 12.7. The minimum Gasteiger partial charge on any atom is -0.492 e. The van der Waals surface area contributed by atoms with Gasteiger partial charge in [0.05, 0.1) is 12.0 Å². The maximum atomic E-state index is 12.6. The molecule has 4 N–H and O–H groups in total. The van der Waals surface area contributed by atoms with E-state index < -0.39 is 41.6 Å². The van der Waals surface area contributed by atoms with Crippen molar-refractivity contribution in [3.05, 3.63) is 71.8 Å². The Labute approximate surface area is 235 Å². The van der Waals surface area contributed by atoms with Gasteiger partial charge in [-0.2, -0.15) is 0 Å². The maximum absolute atomic E-state index is 12.6. The van der Waals surface area contributed by atoms with Crippen molar-refractivity contribution in [1.29, 1.82) is 0 Å². The summed E-state index contributed by atoms with van der Waals surface area (Å²) < 4.78 is 10.3. The Bertz CT molecular complexity index is 1530. The van der Waals surface area contributed by atoms with E-state index in [1.165, 1.54) is 0 Å². The van der Waals surface area contributed by atoms with Crippen LogP contribution in [0.5, 0.6) is 11.8 Å². The summed E-state index contributed by atoms with van der Waals surface area (Å²) in [4.78, 5) is 54.8. The summed E-state index contributed by atoms with van der Waals surface area (Å²) in [7, 11) is 0. The van der Waals surface area contributed by atoms with Crippen molar-refractivity contribution in [2.45, 2.75) is 17.2 Å². The molecule has 15 heteroatoms. The number of carbonyl (C=O) groups excluding carboxylic acids is 4. The van der Waals surface area contributed by atoms with Gasteiger partial charge in [-0.25, -0.2) is 10.1 Å². The number of fused-ring (bicyclic) bond motifs is 3. The van der Waals surface area contributed by atoms with Gasteiger partial charge >= 0.3 is 6.16 Å². The van der Waals surface area contributed by atoms with Gasteiger partial charge in [0.25, 0.3) is 11.8 Å². The van der Waals surface area contributed by atoms with Crippen molar-refractivity contribution in [3.63, 3.8) is 0 Å². The number of aromatic hydroxyl groups is 2. The molecular formula is C26H21N3O11S. The van der Waals surface area contributed by atoms with E-state index in [9.17, 15) is 29.4 Å². The molecule has 1 aromatic heterocycles. The Hall–Kier alpha value is -4.83. The Morgan fingerprint density at radius 3 is 2.27 bits per heavy atom. The molecule has 2 heterocycles. The fourth-order valence-corrected chi connectivity index (χ4v) is 4.95. The highest BCUT2D eigenvalue weighted by Gasteiger charge is 2.31. The number of hydrogen-bond acceptors (Lipinski definition) is 12. The van der Waals surface area contributed by atoms with Crippen LogP contribution < -0.4 is 10.2 Å². The maximum Gasteiger partial charge on any atom is 0.534 e. The summed E-state index contributed by atoms with van der Waals surface area (Å²) >= 11 is 0.748. The van der Waals surface area contributed by atoms with Gasteiger partial charge in [-0.1, -0.05) is 17.2 Å². The van der Waals surface area contributed by atoms with Gasteiger partial charge in [0.2, 0.25) is 17.7 Å². The lowest BCUT2D eigenvalue weighted by atomic mass is 9.97. The summed E-state index contributed by atoms with van der Waals surface area (Å²) in [6.45, 7) is -0.297. The molecule has 1 unspecified atom stereocenters. The number of imide groups is 1. The third kappa shape index (κ3) is 5.87. The van der Waals surface area contributed by atoms with E-state index in [1.54, 1.807) is 30.3 Å². The van der Waals surface area contributed by atoms with Crippen LogP contribution in [0.4, 0.5) is 10.5 Å². The van der Waals surface area contributed by atoms with E-state index in [1.807, 2.05) is 6.07 Å². The van der Waals surface area contributed by atoms with Crippen LogP contribution in [0.25, 0.3) is 11.1 Å². The molecule has 0 spiro atoms. The number of carbonyl (C=O) groups is 4. The molecule has 0 saturated heterocycles. The van der Waals surface area contributed by atoms with Gasteiger partial charge in [-0.15, -0.1) is 9.06 Å². The van der Waals surface area contributed by atoms with E-state index in [0.29, 0.717) is 20.9 Å². The molecule has 14 nitrogen and oxygen atoms in total. The number of amides is 3. The number of benzene rings is 2. The van der Waals surface area contributed by atoms with E-state index in [-0.39, 0.29) is 19.6 Å². The lowest BCUT2D eigenvalue weighted by Gasteiger charge is -2.16. The predicted octanol–water partition coefficient (Wildman–Crippen LogP) is 2.96. The first-order valence-corrected chi connectivity index (χ1v) is 12.7. The number of rotatable bonds is 10. The monoisotopic (exact) mass is 583 g/mol. The molecule has 2 aliphatic rings. The molecular weight excluding hydrogens is 562 g/mol. The van der Waals surface area contributed by atoms with Gasteiger partial charge in [0.15, 0.2) is 0 Å². The van der Waals surface area contributed by atoms with E-state index in [0.717, 1.165) is 57.9 Å². The van der Waals surface area contributed by atoms with Crippen molar-refractivity contribution < 1.29 is 53.6 Å². The highest BCUT2D eigenvalue weighted by molar-refractivity contribution is 7.94. The second-order valence-electron chi connectivity index (χ2n) is 8.79. The number of nitrogens with one attached hydrogen (secondary N) is 1. The van der Waals surface area contributed by atoms with E-state index >= 15 is 0 Å². The molecule has 0 bridgehead atoms. The topological polar surface area (TPSA) is 186 Å². The average Bonchev–Trinajstić information content (AvgIpc) is 3.56. The Morgan fingerprint density at radius 2 is 1.59 bits per heavy atom. The molecule has 1 aliphatic heterocycles. The van der Waals surface area contributed by atoms with Crippen molar-refractivity contribution in [2.75, 3.05) is 18.5 Å². The highest BCUT2D eigenvalue weighted by Crippen LogP contribution is 2.47. The van der Waals surface area contributed by atoms with Gasteiger partial charge in [-0.05, 0) is 46.5 Å². The largest absolute Gasteiger partial charge is 0.534 e. The van der Waals surface area contributed by atoms with Crippen LogP contribution in [0.1, 0.15) is 23.5 Å². The Balaban J connectivity index is 1.33. The van der Waals surface area contributed by atoms with Gasteiger partial charge in [0, 0.05) is 53.8 Å². The van der Waals surface area contributed by atoms with Crippen molar-refractivity contribution in [1.82, 2.24) is 9.63 Å². The third-order valence-electron chi connectivity index (χ3n) is 6.35. The SMILES string of the molecule is O=C(CCN1C(=O)C=CC1=O)Nc1ccc2c(c1)C(COC(=O)On1c(O)ccc1O)c1cc(SOOO)ccc1-2. The minimum atomic E-state index is -1.20. The van der Waals surface area contributed by atoms with Crippen LogP contribution in [-0.4, -0.2) is 62.1 Å². The quantitative estimate of drug-likeness (QED) is 0.0900. The minimum absolute atomic E-state index is 0.0714. The smallest absolute Gasteiger partial charge is 0.492 e. The summed E-state index contributed by atoms with van der Waals surface area (Å²) in [5.74, 6) is -2.95. The zero-order valence-electron chi connectivity index (χ0n) is 20.9. The molecule has 3 aromatic rings. The standard InChI is InChI=1S/C26H21N3O11S/c30-21(9-10-28-22(31)5-6-23(28)32)27-14-1-3-16-17-4-2-15(41-40-39-36)12-19(17)20(18(16)11-14)13-37-26(35)38-29-24(33)7-8-25(29)34/h1-8,11-12,20,33-34,36H,9-10,13H2,(H,27,30). The number of hydrogen-bond donors (Lipinski definition) is 4. The van der Waals surface area contributed by atoms with Gasteiger partial charge in [-0.3, -0.25) is 24.1 Å². The molecule has 41 heavy (non-hydrogen) atoms. The molecule has 5 rings (SSSR count). The second-order valence-corrected chi connectivity index (χ2v) is 9.56. The number of aromatic nitrogens is 1. The van der Waals surface area contributed by atoms with E-state index in [2.05, 4.69) is 14.7 Å². The molecule has 0 radical (unpaired) electrons. The molecule has 1 aliphatic carbocycles. The van der Waals surface area contributed by atoms with Crippen LogP contribution in [-0.2, 0) is 28.5 Å². The normalized spacial score (nSPS) is 15.1. The number of nitrogens with zero attached hydrogens (tertiary/aromatic N) is 2. The van der Waals surface area contributed by atoms with Crippen molar-refractivity contribution in [2.24, 2.45) is 0 Å². The predicted molar refractivity (Wildman–Crippen MR) is 139 cm³/mol. The lowest BCUT2D eigenvalue weighted by molar-refractivity contribution is -0.432. The summed E-state index contributed by atoms with van der Waals surface area (Å²) in [6.07, 6.45) is 0.983. The molecule has 0 saturated carbocycles. The average molecular weight is 584 g/mol.